The van der Waals surface area contributed by atoms with Crippen LogP contribution in [0.25, 0.3) is 0 Å². The van der Waals surface area contributed by atoms with Crippen molar-refractivity contribution in [2.24, 2.45) is 4.99 Å². The van der Waals surface area contributed by atoms with Gasteiger partial charge in [-0.1, -0.05) is 0 Å². The number of aromatic nitrogens is 1. The molecule has 0 saturated carbocycles. The van der Waals surface area contributed by atoms with E-state index in [1.807, 2.05) is 6.20 Å². The molecular weight excluding hydrogens is 475 g/mol. The second kappa shape index (κ2) is 10.1. The first-order valence-electron chi connectivity index (χ1n) is 8.89. The first-order valence-corrected chi connectivity index (χ1v) is 9.70. The van der Waals surface area contributed by atoms with E-state index < -0.39 is 0 Å². The highest BCUT2D eigenvalue weighted by atomic mass is 127. The van der Waals surface area contributed by atoms with Gasteiger partial charge < -0.3 is 20.1 Å². The molecule has 1 aliphatic rings. The number of nitrogens with zero attached hydrogens (tertiary/aromatic N) is 2. The van der Waals surface area contributed by atoms with Crippen molar-refractivity contribution in [1.82, 2.24) is 15.6 Å². The molecule has 1 unspecified atom stereocenters. The molecule has 6 nitrogen and oxygen atoms in total. The number of aliphatic imine (C=N–C) groups is 1. The van der Waals surface area contributed by atoms with Crippen LogP contribution < -0.4 is 20.1 Å². The molecule has 148 valence electrons. The summed E-state index contributed by atoms with van der Waals surface area (Å²) < 4.78 is 11.4. The SMILES string of the molecule is CCNC(=NCc1cc2c(cc1OC)CC(C)O2)NCc1ncc(C)s1.I. The fraction of sp³-hybridized carbons (Fsp3) is 0.474. The van der Waals surface area contributed by atoms with Crippen molar-refractivity contribution < 1.29 is 9.47 Å². The number of methoxy groups -OCH3 is 1. The Hall–Kier alpha value is -1.55. The van der Waals surface area contributed by atoms with E-state index in [0.717, 1.165) is 41.0 Å². The predicted molar refractivity (Wildman–Crippen MR) is 121 cm³/mol. The molecule has 2 N–H and O–H groups in total. The minimum absolute atomic E-state index is 0. The van der Waals surface area contributed by atoms with Gasteiger partial charge in [0.1, 0.15) is 22.6 Å². The first kappa shape index (κ1) is 21.7. The van der Waals surface area contributed by atoms with E-state index in [1.165, 1.54) is 10.4 Å². The van der Waals surface area contributed by atoms with Crippen molar-refractivity contribution in [2.75, 3.05) is 13.7 Å². The second-order valence-corrected chi connectivity index (χ2v) is 7.64. The van der Waals surface area contributed by atoms with Crippen LogP contribution in [0.5, 0.6) is 11.5 Å². The van der Waals surface area contributed by atoms with Gasteiger partial charge in [-0.25, -0.2) is 9.98 Å². The summed E-state index contributed by atoms with van der Waals surface area (Å²) in [5.41, 5.74) is 2.22. The van der Waals surface area contributed by atoms with Crippen LogP contribution in [-0.4, -0.2) is 30.7 Å². The van der Waals surface area contributed by atoms with Crippen molar-refractivity contribution in [1.29, 1.82) is 0 Å². The van der Waals surface area contributed by atoms with Gasteiger partial charge in [-0.3, -0.25) is 0 Å². The first-order chi connectivity index (χ1) is 12.6. The van der Waals surface area contributed by atoms with Crippen LogP contribution in [0.4, 0.5) is 0 Å². The van der Waals surface area contributed by atoms with Crippen LogP contribution in [0.15, 0.2) is 23.3 Å². The summed E-state index contributed by atoms with van der Waals surface area (Å²) >= 11 is 1.69. The molecule has 2 heterocycles. The lowest BCUT2D eigenvalue weighted by molar-refractivity contribution is 0.254. The van der Waals surface area contributed by atoms with Gasteiger partial charge in [-0.05, 0) is 32.9 Å². The zero-order chi connectivity index (χ0) is 18.5. The zero-order valence-electron chi connectivity index (χ0n) is 16.2. The van der Waals surface area contributed by atoms with Crippen LogP contribution in [0.2, 0.25) is 0 Å². The normalized spacial score (nSPS) is 15.6. The molecule has 27 heavy (non-hydrogen) atoms. The summed E-state index contributed by atoms with van der Waals surface area (Å²) in [6, 6.07) is 4.12. The number of guanidine groups is 1. The Labute approximate surface area is 181 Å². The van der Waals surface area contributed by atoms with Crippen molar-refractivity contribution >= 4 is 41.3 Å². The summed E-state index contributed by atoms with van der Waals surface area (Å²) in [5.74, 6) is 2.56. The van der Waals surface area contributed by atoms with Gasteiger partial charge in [-0.2, -0.15) is 0 Å². The monoisotopic (exact) mass is 502 g/mol. The third-order valence-electron chi connectivity index (χ3n) is 4.13. The van der Waals surface area contributed by atoms with E-state index in [2.05, 4.69) is 48.5 Å². The van der Waals surface area contributed by atoms with Crippen LogP contribution in [-0.2, 0) is 19.5 Å². The van der Waals surface area contributed by atoms with Crippen LogP contribution in [0, 0.1) is 6.92 Å². The van der Waals surface area contributed by atoms with Crippen LogP contribution >= 0.6 is 35.3 Å². The fourth-order valence-corrected chi connectivity index (χ4v) is 3.67. The lowest BCUT2D eigenvalue weighted by Gasteiger charge is -2.12. The van der Waals surface area contributed by atoms with Crippen molar-refractivity contribution in [3.63, 3.8) is 0 Å². The molecular formula is C19H27IN4O2S. The fourth-order valence-electron chi connectivity index (χ4n) is 2.94. The molecule has 8 heteroatoms. The number of rotatable bonds is 6. The van der Waals surface area contributed by atoms with Gasteiger partial charge in [0.05, 0.1) is 20.2 Å². The molecule has 0 radical (unpaired) electrons. The molecule has 3 rings (SSSR count). The number of benzene rings is 1. The van der Waals surface area contributed by atoms with Gasteiger partial charge in [0.2, 0.25) is 0 Å². The average molecular weight is 502 g/mol. The van der Waals surface area contributed by atoms with Crippen molar-refractivity contribution in [2.45, 2.75) is 46.4 Å². The number of fused-ring (bicyclic) bond motifs is 1. The van der Waals surface area contributed by atoms with E-state index in [9.17, 15) is 0 Å². The Morgan fingerprint density at radius 3 is 2.89 bits per heavy atom. The maximum absolute atomic E-state index is 5.87. The minimum atomic E-state index is 0. The Balaban J connectivity index is 0.00000261. The van der Waals surface area contributed by atoms with Gasteiger partial charge >= 0.3 is 0 Å². The largest absolute Gasteiger partial charge is 0.496 e. The highest BCUT2D eigenvalue weighted by Crippen LogP contribution is 2.35. The molecule has 0 fully saturated rings. The Kier molecular flexibility index (Phi) is 8.15. The number of hydrogen-bond donors (Lipinski definition) is 2. The summed E-state index contributed by atoms with van der Waals surface area (Å²) in [4.78, 5) is 10.3. The second-order valence-electron chi connectivity index (χ2n) is 6.32. The molecule has 1 atom stereocenters. The number of hydrogen-bond acceptors (Lipinski definition) is 5. The molecule has 0 aliphatic carbocycles. The van der Waals surface area contributed by atoms with Crippen molar-refractivity contribution in [3.8, 4) is 11.5 Å². The van der Waals surface area contributed by atoms with E-state index in [0.29, 0.717) is 13.1 Å². The molecule has 1 aromatic carbocycles. The molecule has 0 bridgehead atoms. The van der Waals surface area contributed by atoms with E-state index >= 15 is 0 Å². The highest BCUT2D eigenvalue weighted by Gasteiger charge is 2.21. The number of nitrogens with one attached hydrogen (secondary N) is 2. The number of thiazole rings is 1. The third kappa shape index (κ3) is 5.71. The summed E-state index contributed by atoms with van der Waals surface area (Å²) in [5, 5.41) is 7.65. The lowest BCUT2D eigenvalue weighted by atomic mass is 10.1. The zero-order valence-corrected chi connectivity index (χ0v) is 19.3. The maximum atomic E-state index is 5.87. The summed E-state index contributed by atoms with van der Waals surface area (Å²) in [6.45, 7) is 8.16. The Morgan fingerprint density at radius 2 is 2.22 bits per heavy atom. The van der Waals surface area contributed by atoms with Gasteiger partial charge in [-0.15, -0.1) is 35.3 Å². The highest BCUT2D eigenvalue weighted by molar-refractivity contribution is 14.0. The molecule has 0 saturated heterocycles. The molecule has 2 aromatic rings. The smallest absolute Gasteiger partial charge is 0.191 e. The minimum Gasteiger partial charge on any atom is -0.496 e. The number of aryl methyl sites for hydroxylation is 1. The predicted octanol–water partition coefficient (Wildman–Crippen LogP) is 3.66. The van der Waals surface area contributed by atoms with Crippen LogP contribution in [0.1, 0.15) is 34.9 Å². The van der Waals surface area contributed by atoms with E-state index in [-0.39, 0.29) is 30.1 Å². The standard InChI is InChI=1S/C19H26N4O2S.HI/c1-5-20-19(23-11-18-21-9-13(3)26-18)22-10-15-8-17-14(6-12(2)25-17)7-16(15)24-4;/h7-9,12H,5-6,10-11H2,1-4H3,(H2,20,22,23);1H. The van der Waals surface area contributed by atoms with Gasteiger partial charge in [0, 0.05) is 35.2 Å². The average Bonchev–Trinajstić information content (AvgIpc) is 3.20. The maximum Gasteiger partial charge on any atom is 0.191 e. The molecule has 1 aromatic heterocycles. The van der Waals surface area contributed by atoms with Crippen molar-refractivity contribution in [3.05, 3.63) is 39.3 Å². The van der Waals surface area contributed by atoms with E-state index in [4.69, 9.17) is 14.5 Å². The molecule has 1 aliphatic heterocycles. The number of halogens is 1. The third-order valence-corrected chi connectivity index (χ3v) is 5.04. The Morgan fingerprint density at radius 1 is 1.41 bits per heavy atom. The number of ether oxygens (including phenoxy) is 2. The summed E-state index contributed by atoms with van der Waals surface area (Å²) in [7, 11) is 1.70. The van der Waals surface area contributed by atoms with E-state index in [1.54, 1.807) is 18.4 Å². The Bertz CT molecular complexity index is 794. The molecule has 0 amide bonds. The van der Waals surface area contributed by atoms with Gasteiger partial charge in [0.15, 0.2) is 5.96 Å². The van der Waals surface area contributed by atoms with Gasteiger partial charge in [0.25, 0.3) is 0 Å². The molecule has 0 spiro atoms. The summed E-state index contributed by atoms with van der Waals surface area (Å²) in [6.07, 6.45) is 3.03. The van der Waals surface area contributed by atoms with Crippen LogP contribution in [0.3, 0.4) is 0 Å². The quantitative estimate of drug-likeness (QED) is 0.359. The topological polar surface area (TPSA) is 67.8 Å². The lowest BCUT2D eigenvalue weighted by Crippen LogP contribution is -2.36.